The van der Waals surface area contributed by atoms with Gasteiger partial charge < -0.3 is 10.6 Å². The molecular formula is C20H17ClFN5OS. The van der Waals surface area contributed by atoms with Gasteiger partial charge in [-0.2, -0.15) is 4.98 Å². The van der Waals surface area contributed by atoms with Gasteiger partial charge in [-0.05, 0) is 55.1 Å². The summed E-state index contributed by atoms with van der Waals surface area (Å²) >= 11 is 7.33. The van der Waals surface area contributed by atoms with Gasteiger partial charge in [0.1, 0.15) is 11.9 Å². The first kappa shape index (κ1) is 19.5. The van der Waals surface area contributed by atoms with E-state index < -0.39 is 6.04 Å². The average molecular weight is 430 g/mol. The highest BCUT2D eigenvalue weighted by atomic mass is 35.5. The van der Waals surface area contributed by atoms with Crippen molar-refractivity contribution in [2.75, 3.05) is 16.9 Å². The van der Waals surface area contributed by atoms with Crippen molar-refractivity contribution >= 4 is 40.9 Å². The van der Waals surface area contributed by atoms with E-state index in [1.807, 2.05) is 13.2 Å². The lowest BCUT2D eigenvalue weighted by Gasteiger charge is -2.28. The van der Waals surface area contributed by atoms with Gasteiger partial charge in [-0.3, -0.25) is 4.79 Å². The van der Waals surface area contributed by atoms with Crippen LogP contribution in [0.2, 0.25) is 5.02 Å². The van der Waals surface area contributed by atoms with Gasteiger partial charge >= 0.3 is 0 Å². The zero-order valence-electron chi connectivity index (χ0n) is 15.6. The molecule has 2 aromatic carbocycles. The summed E-state index contributed by atoms with van der Waals surface area (Å²) in [5.41, 5.74) is 2.47. The molecule has 9 heteroatoms. The first-order valence-corrected chi connectivity index (χ1v) is 10.4. The van der Waals surface area contributed by atoms with Gasteiger partial charge in [0, 0.05) is 16.4 Å². The van der Waals surface area contributed by atoms with E-state index in [4.69, 9.17) is 11.6 Å². The third-order valence-electron chi connectivity index (χ3n) is 4.55. The van der Waals surface area contributed by atoms with Gasteiger partial charge in [0.15, 0.2) is 0 Å². The molecule has 3 aromatic rings. The number of hydrogen-bond acceptors (Lipinski definition) is 5. The van der Waals surface area contributed by atoms with Crippen LogP contribution in [0.15, 0.2) is 65.0 Å². The van der Waals surface area contributed by atoms with Crippen molar-refractivity contribution < 1.29 is 9.18 Å². The van der Waals surface area contributed by atoms with E-state index in [9.17, 15) is 9.18 Å². The van der Waals surface area contributed by atoms with Crippen LogP contribution in [0.4, 0.5) is 16.0 Å². The molecular weight excluding hydrogens is 413 g/mol. The molecule has 0 radical (unpaired) electrons. The monoisotopic (exact) mass is 429 g/mol. The summed E-state index contributed by atoms with van der Waals surface area (Å²) in [6, 6.07) is 12.4. The molecule has 1 aromatic heterocycles. The quantitative estimate of drug-likeness (QED) is 0.587. The highest BCUT2D eigenvalue weighted by Gasteiger charge is 2.34. The summed E-state index contributed by atoms with van der Waals surface area (Å²) in [6.45, 7) is 1.81. The Morgan fingerprint density at radius 1 is 1.21 bits per heavy atom. The van der Waals surface area contributed by atoms with Crippen molar-refractivity contribution in [1.82, 2.24) is 14.8 Å². The number of amides is 1. The number of aromatic nitrogens is 3. The predicted octanol–water partition coefficient (Wildman–Crippen LogP) is 4.72. The fourth-order valence-corrected chi connectivity index (χ4v) is 3.67. The maximum Gasteiger partial charge on any atom is 0.255 e. The molecule has 6 nitrogen and oxygen atoms in total. The lowest BCUT2D eigenvalue weighted by molar-refractivity contribution is -0.113. The zero-order chi connectivity index (χ0) is 20.5. The molecule has 0 saturated heterocycles. The first-order chi connectivity index (χ1) is 14.0. The van der Waals surface area contributed by atoms with Crippen LogP contribution in [0.3, 0.4) is 0 Å². The van der Waals surface area contributed by atoms with E-state index in [1.165, 1.54) is 23.9 Å². The number of rotatable bonds is 4. The van der Waals surface area contributed by atoms with Crippen molar-refractivity contribution in [1.29, 1.82) is 0 Å². The normalized spacial score (nSPS) is 15.7. The third-order valence-corrected chi connectivity index (χ3v) is 5.34. The van der Waals surface area contributed by atoms with Crippen molar-refractivity contribution in [2.24, 2.45) is 0 Å². The van der Waals surface area contributed by atoms with E-state index in [1.54, 1.807) is 41.1 Å². The molecule has 1 aliphatic rings. The number of carbonyl (C=O) groups excluding carboxylic acids is 1. The maximum absolute atomic E-state index is 13.5. The highest BCUT2D eigenvalue weighted by molar-refractivity contribution is 7.98. The Balaban J connectivity index is 1.77. The molecule has 148 valence electrons. The number of benzene rings is 2. The fraction of sp³-hybridized carbons (Fsp3) is 0.150. The van der Waals surface area contributed by atoms with Crippen LogP contribution in [0, 0.1) is 5.82 Å². The Kier molecular flexibility index (Phi) is 5.29. The molecule has 4 rings (SSSR count). The van der Waals surface area contributed by atoms with Crippen LogP contribution < -0.4 is 10.6 Å². The number of carbonyl (C=O) groups is 1. The minimum Gasteiger partial charge on any atom is -0.328 e. The SMILES string of the molecule is CSc1nc2n(n1)C(c1ccc(F)cc1)C(C(=O)Nc1ccc(Cl)cc1)=C(C)N2. The Morgan fingerprint density at radius 3 is 2.55 bits per heavy atom. The number of allylic oxidation sites excluding steroid dienone is 1. The van der Waals surface area contributed by atoms with Crippen LogP contribution in [0.1, 0.15) is 18.5 Å². The lowest BCUT2D eigenvalue weighted by atomic mass is 9.95. The summed E-state index contributed by atoms with van der Waals surface area (Å²) in [5.74, 6) is -0.109. The van der Waals surface area contributed by atoms with E-state index in [0.29, 0.717) is 33.1 Å². The predicted molar refractivity (Wildman–Crippen MR) is 113 cm³/mol. The Hall–Kier alpha value is -2.84. The first-order valence-electron chi connectivity index (χ1n) is 8.77. The molecule has 1 atom stereocenters. The number of hydrogen-bond donors (Lipinski definition) is 2. The van der Waals surface area contributed by atoms with Crippen molar-refractivity contribution in [3.05, 3.63) is 76.2 Å². The van der Waals surface area contributed by atoms with Crippen molar-refractivity contribution in [2.45, 2.75) is 18.1 Å². The summed E-state index contributed by atoms with van der Waals surface area (Å²) in [6.07, 6.45) is 1.88. The maximum atomic E-state index is 13.5. The van der Waals surface area contributed by atoms with Crippen LogP contribution >= 0.6 is 23.4 Å². The minimum absolute atomic E-state index is 0.293. The van der Waals surface area contributed by atoms with Crippen molar-refractivity contribution in [3.8, 4) is 0 Å². The molecule has 1 aliphatic heterocycles. The van der Waals surface area contributed by atoms with Crippen molar-refractivity contribution in [3.63, 3.8) is 0 Å². The zero-order valence-corrected chi connectivity index (χ0v) is 17.2. The number of thioether (sulfide) groups is 1. The second-order valence-electron chi connectivity index (χ2n) is 6.45. The molecule has 2 N–H and O–H groups in total. The number of anilines is 2. The molecule has 1 unspecified atom stereocenters. The van der Waals surface area contributed by atoms with Crippen LogP contribution in [0.25, 0.3) is 0 Å². The number of nitrogens with zero attached hydrogens (tertiary/aromatic N) is 3. The molecule has 0 aliphatic carbocycles. The largest absolute Gasteiger partial charge is 0.328 e. The lowest BCUT2D eigenvalue weighted by Crippen LogP contribution is -2.31. The summed E-state index contributed by atoms with van der Waals surface area (Å²) < 4.78 is 15.2. The van der Waals surface area contributed by atoms with Crippen LogP contribution in [0.5, 0.6) is 0 Å². The summed E-state index contributed by atoms with van der Waals surface area (Å²) in [7, 11) is 0. The Bertz CT molecular complexity index is 1100. The molecule has 0 saturated carbocycles. The van der Waals surface area contributed by atoms with Gasteiger partial charge in [0.05, 0.1) is 5.57 Å². The molecule has 0 bridgehead atoms. The standard InChI is InChI=1S/C20H17ClFN5OS/c1-11-16(18(28)24-15-9-5-13(21)6-10-15)17(12-3-7-14(22)8-4-12)27-19(23-11)25-20(26-27)29-2/h3-10,17H,1-2H3,(H,24,28)(H,23,25,26). The van der Waals surface area contributed by atoms with Gasteiger partial charge in [0.25, 0.3) is 5.91 Å². The Morgan fingerprint density at radius 2 is 1.90 bits per heavy atom. The number of halogens is 2. The van der Waals surface area contributed by atoms with Gasteiger partial charge in [-0.25, -0.2) is 9.07 Å². The fourth-order valence-electron chi connectivity index (χ4n) is 3.20. The van der Waals surface area contributed by atoms with Gasteiger partial charge in [0.2, 0.25) is 11.1 Å². The van der Waals surface area contributed by atoms with Gasteiger partial charge in [-0.1, -0.05) is 35.5 Å². The number of fused-ring (bicyclic) bond motifs is 1. The van der Waals surface area contributed by atoms with E-state index in [-0.39, 0.29) is 11.7 Å². The molecule has 29 heavy (non-hydrogen) atoms. The topological polar surface area (TPSA) is 71.8 Å². The van der Waals surface area contributed by atoms with Gasteiger partial charge in [-0.15, -0.1) is 5.10 Å². The Labute approximate surface area is 176 Å². The summed E-state index contributed by atoms with van der Waals surface area (Å²) in [5, 5.41) is 11.7. The van der Waals surface area contributed by atoms with Crippen LogP contribution in [-0.4, -0.2) is 26.9 Å². The second kappa shape index (κ2) is 7.88. The smallest absolute Gasteiger partial charge is 0.255 e. The minimum atomic E-state index is -0.549. The second-order valence-corrected chi connectivity index (χ2v) is 7.66. The number of nitrogens with one attached hydrogen (secondary N) is 2. The van der Waals surface area contributed by atoms with E-state index in [2.05, 4.69) is 20.7 Å². The molecule has 1 amide bonds. The van der Waals surface area contributed by atoms with E-state index >= 15 is 0 Å². The highest BCUT2D eigenvalue weighted by Crippen LogP contribution is 2.36. The van der Waals surface area contributed by atoms with Crippen LogP contribution in [-0.2, 0) is 4.79 Å². The average Bonchev–Trinajstić information content (AvgIpc) is 3.12. The summed E-state index contributed by atoms with van der Waals surface area (Å²) in [4.78, 5) is 17.7. The molecule has 0 fully saturated rings. The molecule has 2 heterocycles. The third kappa shape index (κ3) is 3.86. The van der Waals surface area contributed by atoms with E-state index in [0.717, 1.165) is 5.56 Å². The molecule has 0 spiro atoms.